The molecule has 0 aliphatic rings. The molecule has 220 valence electrons. The highest BCUT2D eigenvalue weighted by molar-refractivity contribution is 5.56. The second kappa shape index (κ2) is 16.5. The Morgan fingerprint density at radius 2 is 1.41 bits per heavy atom. The van der Waals surface area contributed by atoms with Crippen molar-refractivity contribution in [2.75, 3.05) is 13.2 Å². The Bertz CT molecular complexity index is 933. The van der Waals surface area contributed by atoms with Crippen molar-refractivity contribution in [3.8, 4) is 22.9 Å². The van der Waals surface area contributed by atoms with Gasteiger partial charge in [0.1, 0.15) is 18.5 Å². The summed E-state index contributed by atoms with van der Waals surface area (Å²) in [7, 11) is 0. The summed E-state index contributed by atoms with van der Waals surface area (Å²) >= 11 is 0. The quantitative estimate of drug-likeness (QED) is 0.0918. The second-order valence-corrected chi connectivity index (χ2v) is 9.28. The molecule has 0 amide bonds. The van der Waals surface area contributed by atoms with Gasteiger partial charge >= 0.3 is 12.2 Å². The number of hydrogen-bond donors (Lipinski definition) is 0. The zero-order chi connectivity index (χ0) is 28.7. The van der Waals surface area contributed by atoms with Gasteiger partial charge in [-0.1, -0.05) is 58.8 Å². The van der Waals surface area contributed by atoms with E-state index < -0.39 is 30.4 Å². The van der Waals surface area contributed by atoms with Crippen LogP contribution in [0.1, 0.15) is 78.6 Å². The fraction of sp³-hybridized carbons (Fsp3) is 0.643. The Labute approximate surface area is 227 Å². The standard InChI is InChI=1S/C28H39F5N2O4/c1-4-6-8-9-10-11-12-23(29)20-37-25-18-34-26(35-19-25)22-13-15-24(16-14-22)39-28(32,33)27(30,31)38-21(3)36-17-7-5-2/h13-16,18-19,21,23H,4-12,17,20H2,1-3H3. The van der Waals surface area contributed by atoms with Gasteiger partial charge in [-0.2, -0.15) is 17.6 Å². The topological polar surface area (TPSA) is 62.7 Å². The lowest BCUT2D eigenvalue weighted by Crippen LogP contribution is -2.49. The van der Waals surface area contributed by atoms with Crippen LogP contribution in [0, 0.1) is 0 Å². The normalized spacial score (nSPS) is 13.7. The molecule has 39 heavy (non-hydrogen) atoms. The van der Waals surface area contributed by atoms with Crippen molar-refractivity contribution in [1.82, 2.24) is 9.97 Å². The number of benzene rings is 1. The van der Waals surface area contributed by atoms with Crippen molar-refractivity contribution < 1.29 is 40.9 Å². The predicted molar refractivity (Wildman–Crippen MR) is 138 cm³/mol. The van der Waals surface area contributed by atoms with E-state index in [-0.39, 0.29) is 19.0 Å². The summed E-state index contributed by atoms with van der Waals surface area (Å²) in [5.74, 6) is 0.0150. The summed E-state index contributed by atoms with van der Waals surface area (Å²) in [6.07, 6.45) is -1.52. The van der Waals surface area contributed by atoms with Crippen LogP contribution in [0.2, 0.25) is 0 Å². The molecular weight excluding hydrogens is 523 g/mol. The van der Waals surface area contributed by atoms with Gasteiger partial charge in [-0.3, -0.25) is 4.74 Å². The molecule has 2 rings (SSSR count). The summed E-state index contributed by atoms with van der Waals surface area (Å²) in [4.78, 5) is 8.27. The highest BCUT2D eigenvalue weighted by Gasteiger charge is 2.62. The van der Waals surface area contributed by atoms with Crippen molar-refractivity contribution in [3.05, 3.63) is 36.7 Å². The minimum atomic E-state index is -4.95. The number of unbranched alkanes of at least 4 members (excludes halogenated alkanes) is 6. The van der Waals surface area contributed by atoms with Crippen LogP contribution in [0.25, 0.3) is 11.4 Å². The first-order chi connectivity index (χ1) is 18.6. The monoisotopic (exact) mass is 562 g/mol. The molecule has 0 aliphatic carbocycles. The highest BCUT2D eigenvalue weighted by Crippen LogP contribution is 2.38. The molecule has 11 heteroatoms. The third-order valence-electron chi connectivity index (χ3n) is 5.79. The zero-order valence-corrected chi connectivity index (χ0v) is 22.8. The molecule has 0 aliphatic heterocycles. The largest absolute Gasteiger partial charge is 0.494 e. The van der Waals surface area contributed by atoms with E-state index in [1.54, 1.807) is 0 Å². The van der Waals surface area contributed by atoms with Crippen molar-refractivity contribution in [1.29, 1.82) is 0 Å². The maximum Gasteiger partial charge on any atom is 0.494 e. The lowest BCUT2D eigenvalue weighted by Gasteiger charge is -2.28. The van der Waals surface area contributed by atoms with Gasteiger partial charge in [0, 0.05) is 12.2 Å². The molecule has 1 aromatic heterocycles. The fourth-order valence-electron chi connectivity index (χ4n) is 3.54. The molecule has 0 spiro atoms. The van der Waals surface area contributed by atoms with E-state index in [2.05, 4.69) is 26.4 Å². The average Bonchev–Trinajstić information content (AvgIpc) is 2.90. The van der Waals surface area contributed by atoms with Crippen LogP contribution < -0.4 is 9.47 Å². The summed E-state index contributed by atoms with van der Waals surface area (Å²) in [5, 5.41) is 0. The minimum Gasteiger partial charge on any atom is -0.487 e. The van der Waals surface area contributed by atoms with E-state index in [0.717, 1.165) is 44.7 Å². The van der Waals surface area contributed by atoms with Crippen molar-refractivity contribution in [2.24, 2.45) is 0 Å². The maximum atomic E-state index is 14.1. The number of alkyl halides is 5. The highest BCUT2D eigenvalue weighted by atomic mass is 19.3. The van der Waals surface area contributed by atoms with Crippen LogP contribution >= 0.6 is 0 Å². The van der Waals surface area contributed by atoms with Crippen LogP contribution in [-0.4, -0.2) is 47.9 Å². The SMILES string of the molecule is CCCCCCCCC(F)COc1cnc(-c2ccc(OC(F)(F)C(F)(F)OC(C)OCCCC)cc2)nc1. The van der Waals surface area contributed by atoms with E-state index in [0.29, 0.717) is 24.2 Å². The molecule has 2 unspecified atom stereocenters. The summed E-state index contributed by atoms with van der Waals surface area (Å²) in [5.41, 5.74) is 0.421. The smallest absolute Gasteiger partial charge is 0.487 e. The van der Waals surface area contributed by atoms with E-state index in [1.165, 1.54) is 43.8 Å². The molecule has 0 radical (unpaired) electrons. The fourth-order valence-corrected chi connectivity index (χ4v) is 3.54. The van der Waals surface area contributed by atoms with Gasteiger partial charge in [-0.25, -0.2) is 14.4 Å². The first kappa shape index (κ1) is 32.7. The first-order valence-corrected chi connectivity index (χ1v) is 13.5. The van der Waals surface area contributed by atoms with Gasteiger partial charge in [0.2, 0.25) is 0 Å². The molecule has 0 saturated heterocycles. The van der Waals surface area contributed by atoms with Crippen LogP contribution in [0.3, 0.4) is 0 Å². The molecule has 0 N–H and O–H groups in total. The lowest BCUT2D eigenvalue weighted by molar-refractivity contribution is -0.434. The van der Waals surface area contributed by atoms with E-state index in [1.807, 2.05) is 6.92 Å². The molecule has 1 heterocycles. The van der Waals surface area contributed by atoms with Gasteiger partial charge in [0.25, 0.3) is 0 Å². The first-order valence-electron chi connectivity index (χ1n) is 13.5. The van der Waals surface area contributed by atoms with Crippen LogP contribution in [-0.2, 0) is 9.47 Å². The Kier molecular flexibility index (Phi) is 13.9. The summed E-state index contributed by atoms with van der Waals surface area (Å²) in [6.45, 7) is 5.13. The molecule has 0 fully saturated rings. The maximum absolute atomic E-state index is 14.1. The van der Waals surface area contributed by atoms with Crippen LogP contribution in [0.4, 0.5) is 22.0 Å². The average molecular weight is 563 g/mol. The zero-order valence-electron chi connectivity index (χ0n) is 22.8. The molecule has 2 aromatic rings. The lowest BCUT2D eigenvalue weighted by atomic mass is 10.1. The Morgan fingerprint density at radius 1 is 0.795 bits per heavy atom. The van der Waals surface area contributed by atoms with Crippen molar-refractivity contribution in [2.45, 2.75) is 103 Å². The Balaban J connectivity index is 1.84. The third-order valence-corrected chi connectivity index (χ3v) is 5.79. The number of ether oxygens (including phenoxy) is 4. The van der Waals surface area contributed by atoms with Crippen LogP contribution in [0.15, 0.2) is 36.7 Å². The van der Waals surface area contributed by atoms with Crippen molar-refractivity contribution in [3.63, 3.8) is 0 Å². The molecule has 6 nitrogen and oxygen atoms in total. The predicted octanol–water partition coefficient (Wildman–Crippen LogP) is 8.35. The molecule has 1 aromatic carbocycles. The second-order valence-electron chi connectivity index (χ2n) is 9.28. The number of aromatic nitrogens is 2. The third kappa shape index (κ3) is 11.6. The summed E-state index contributed by atoms with van der Waals surface area (Å²) < 4.78 is 89.2. The number of nitrogens with zero attached hydrogens (tertiary/aromatic N) is 2. The summed E-state index contributed by atoms with van der Waals surface area (Å²) in [6, 6.07) is 4.86. The van der Waals surface area contributed by atoms with E-state index in [4.69, 9.17) is 9.47 Å². The number of rotatable bonds is 20. The molecule has 0 saturated carbocycles. The minimum absolute atomic E-state index is 0.101. The van der Waals surface area contributed by atoms with Crippen LogP contribution in [0.5, 0.6) is 11.5 Å². The number of hydrogen-bond acceptors (Lipinski definition) is 6. The Morgan fingerprint density at radius 3 is 2.05 bits per heavy atom. The molecular formula is C28H39F5N2O4. The molecule has 2 atom stereocenters. The van der Waals surface area contributed by atoms with Gasteiger partial charge in [0.15, 0.2) is 17.9 Å². The Hall–Kier alpha value is -2.53. The van der Waals surface area contributed by atoms with E-state index >= 15 is 0 Å². The van der Waals surface area contributed by atoms with Crippen molar-refractivity contribution >= 4 is 0 Å². The number of halogens is 5. The van der Waals surface area contributed by atoms with E-state index in [9.17, 15) is 22.0 Å². The van der Waals surface area contributed by atoms with Gasteiger partial charge < -0.3 is 14.2 Å². The molecule has 0 bridgehead atoms. The van der Waals surface area contributed by atoms with Gasteiger partial charge in [0.05, 0.1) is 12.4 Å². The van der Waals surface area contributed by atoms with Gasteiger partial charge in [-0.15, -0.1) is 0 Å². The van der Waals surface area contributed by atoms with Gasteiger partial charge in [-0.05, 0) is 44.0 Å².